The third kappa shape index (κ3) is 8.28. The van der Waals surface area contributed by atoms with Crippen molar-refractivity contribution in [3.63, 3.8) is 0 Å². The second-order valence-electron chi connectivity index (χ2n) is 0.753. The van der Waals surface area contributed by atoms with Gasteiger partial charge in [-0.1, -0.05) is 0 Å². The van der Waals surface area contributed by atoms with Gasteiger partial charge in [0.05, 0.1) is 0 Å². The van der Waals surface area contributed by atoms with Crippen LogP contribution in [0.1, 0.15) is 0 Å². The first-order valence-electron chi connectivity index (χ1n) is 1.51. The maximum atomic E-state index is 9.73. The Morgan fingerprint density at radius 3 is 2.33 bits per heavy atom. The smallest absolute Gasteiger partial charge is 0.287 e. The average molecular weight is 190 g/mol. The number of nitrogens with one attached hydrogen (secondary N) is 1. The van der Waals surface area contributed by atoms with Gasteiger partial charge in [0.1, 0.15) is 8.52 Å². The fourth-order valence-electron chi connectivity index (χ4n) is 0.0865. The number of hydrogen-bond donors (Lipinski definition) is 3. The second-order valence-corrected chi connectivity index (χ2v) is 3.30. The molecule has 3 N–H and O–H groups in total. The molecule has 0 rings (SSSR count). The van der Waals surface area contributed by atoms with Crippen molar-refractivity contribution in [1.82, 2.24) is 4.49 Å². The molecule has 9 heavy (non-hydrogen) atoms. The molecule has 2 unspecified atom stereocenters. The van der Waals surface area contributed by atoms with Crippen LogP contribution in [0.15, 0.2) is 4.15 Å². The minimum atomic E-state index is -2.28. The summed E-state index contributed by atoms with van der Waals surface area (Å²) in [6.07, 6.45) is 0. The van der Waals surface area contributed by atoms with E-state index in [1.807, 2.05) is 4.49 Å². The Hall–Kier alpha value is 0.280. The Kier molecular flexibility index (Phi) is 5.25. The van der Waals surface area contributed by atoms with Gasteiger partial charge < -0.3 is 0 Å². The van der Waals surface area contributed by atoms with E-state index in [9.17, 15) is 8.42 Å². The molecule has 6 nitrogen and oxygen atoms in total. The first-order valence-corrected chi connectivity index (χ1v) is 4.53. The SMILES string of the molecule is O=S(O)N=PNS(=O)O. The van der Waals surface area contributed by atoms with Gasteiger partial charge in [-0.2, -0.15) is 0 Å². The molecule has 9 heteroatoms. The Bertz CT molecular complexity index is 155. The van der Waals surface area contributed by atoms with Gasteiger partial charge in [0.25, 0.3) is 11.3 Å². The Morgan fingerprint density at radius 2 is 2.00 bits per heavy atom. The summed E-state index contributed by atoms with van der Waals surface area (Å²) in [6.45, 7) is 0. The van der Waals surface area contributed by atoms with Gasteiger partial charge in [-0.25, -0.2) is 8.42 Å². The summed E-state index contributed by atoms with van der Waals surface area (Å²) in [4.78, 5) is 0. The molecule has 0 aromatic rings. The predicted molar refractivity (Wildman–Crippen MR) is 34.0 cm³/mol. The standard InChI is InChI=1S/H3N2O4PS2/c3-8(4)1-7-2-9(5)6/h(H,1,2)(H,3,4)(H,5,6). The molecule has 0 amide bonds. The van der Waals surface area contributed by atoms with E-state index < -0.39 is 22.5 Å². The summed E-state index contributed by atoms with van der Waals surface area (Å²) in [6, 6.07) is 0. The highest BCUT2D eigenvalue weighted by Gasteiger charge is 1.86. The molecular formula is H3N2O4PS2. The van der Waals surface area contributed by atoms with E-state index in [0.717, 1.165) is 0 Å². The van der Waals surface area contributed by atoms with Crippen LogP contribution in [0.25, 0.3) is 0 Å². The zero-order valence-corrected chi connectivity index (χ0v) is 6.45. The summed E-state index contributed by atoms with van der Waals surface area (Å²) in [5.41, 5.74) is 0. The summed E-state index contributed by atoms with van der Waals surface area (Å²) >= 11 is -4.46. The summed E-state index contributed by atoms with van der Waals surface area (Å²) in [7, 11) is -0.0941. The molecule has 54 valence electrons. The van der Waals surface area contributed by atoms with Gasteiger partial charge >= 0.3 is 0 Å². The summed E-state index contributed by atoms with van der Waals surface area (Å²) in [5, 5.41) is 0. The van der Waals surface area contributed by atoms with Crippen LogP contribution in [0.5, 0.6) is 0 Å². The molecule has 0 saturated carbocycles. The van der Waals surface area contributed by atoms with Crippen molar-refractivity contribution in [3.8, 4) is 0 Å². The lowest BCUT2D eigenvalue weighted by molar-refractivity contribution is 0.562. The summed E-state index contributed by atoms with van der Waals surface area (Å²) < 4.78 is 40.1. The van der Waals surface area contributed by atoms with Crippen molar-refractivity contribution >= 4 is 31.1 Å². The largest absolute Gasteiger partial charge is 0.293 e. The number of hydrogen-bond acceptors (Lipinski definition) is 2. The van der Waals surface area contributed by atoms with Crippen LogP contribution in [0.3, 0.4) is 0 Å². The first-order chi connectivity index (χ1) is 4.13. The van der Waals surface area contributed by atoms with Crippen molar-refractivity contribution in [2.75, 3.05) is 0 Å². The van der Waals surface area contributed by atoms with Crippen molar-refractivity contribution in [1.29, 1.82) is 0 Å². The van der Waals surface area contributed by atoms with E-state index in [2.05, 4.69) is 4.15 Å². The van der Waals surface area contributed by atoms with Gasteiger partial charge in [0.2, 0.25) is 11.3 Å². The van der Waals surface area contributed by atoms with Crippen LogP contribution in [0, 0.1) is 0 Å². The Balaban J connectivity index is 3.48. The molecule has 0 aliphatic rings. The molecular weight excluding hydrogens is 187 g/mol. The maximum Gasteiger partial charge on any atom is 0.287 e. The lowest BCUT2D eigenvalue weighted by Crippen LogP contribution is -2.00. The van der Waals surface area contributed by atoms with Crippen LogP contribution in [0.4, 0.5) is 0 Å². The van der Waals surface area contributed by atoms with Crippen molar-refractivity contribution in [2.24, 2.45) is 4.15 Å². The highest BCUT2D eigenvalue weighted by Crippen LogP contribution is 1.93. The predicted octanol–water partition coefficient (Wildman–Crippen LogP) is -0.106. The third-order valence-corrected chi connectivity index (χ3v) is 2.07. The van der Waals surface area contributed by atoms with E-state index in [1.165, 1.54) is 0 Å². The lowest BCUT2D eigenvalue weighted by atomic mass is 13.9. The normalized spacial score (nSPS) is 18.0. The van der Waals surface area contributed by atoms with E-state index in [-0.39, 0.29) is 8.52 Å². The van der Waals surface area contributed by atoms with Gasteiger partial charge in [0, 0.05) is 0 Å². The minimum Gasteiger partial charge on any atom is -0.293 e. The number of rotatable bonds is 3. The molecule has 0 aromatic carbocycles. The first kappa shape index (κ1) is 9.28. The van der Waals surface area contributed by atoms with E-state index in [4.69, 9.17) is 9.11 Å². The zero-order valence-electron chi connectivity index (χ0n) is 3.92. The lowest BCUT2D eigenvalue weighted by Gasteiger charge is -1.82. The number of nitrogens with zero attached hydrogens (tertiary/aromatic N) is 1. The van der Waals surface area contributed by atoms with Crippen molar-refractivity contribution < 1.29 is 17.5 Å². The molecule has 0 aromatic heterocycles. The van der Waals surface area contributed by atoms with Crippen LogP contribution in [0.2, 0.25) is 0 Å². The van der Waals surface area contributed by atoms with E-state index in [0.29, 0.717) is 0 Å². The molecule has 0 fully saturated rings. The fraction of sp³-hybridized carbons (Fsp3) is 0. The van der Waals surface area contributed by atoms with Crippen LogP contribution in [-0.4, -0.2) is 17.5 Å². The Labute approximate surface area is 57.8 Å². The average Bonchev–Trinajstić information content (AvgIpc) is 1.63. The van der Waals surface area contributed by atoms with Crippen LogP contribution < -0.4 is 4.49 Å². The van der Waals surface area contributed by atoms with Gasteiger partial charge in [0.15, 0.2) is 0 Å². The van der Waals surface area contributed by atoms with Gasteiger partial charge in [-0.15, -0.1) is 8.64 Å². The zero-order chi connectivity index (χ0) is 7.28. The topological polar surface area (TPSA) is 99.0 Å². The molecule has 0 spiro atoms. The molecule has 0 bridgehead atoms. The molecule has 0 aliphatic heterocycles. The third-order valence-electron chi connectivity index (χ3n) is 0.230. The molecule has 2 atom stereocenters. The highest BCUT2D eigenvalue weighted by molar-refractivity contribution is 7.84. The van der Waals surface area contributed by atoms with Crippen molar-refractivity contribution in [2.45, 2.75) is 0 Å². The van der Waals surface area contributed by atoms with Crippen LogP contribution >= 0.6 is 8.52 Å². The molecule has 0 radical (unpaired) electrons. The molecule has 0 aliphatic carbocycles. The monoisotopic (exact) mass is 190 g/mol. The second kappa shape index (κ2) is 5.10. The van der Waals surface area contributed by atoms with E-state index in [1.54, 1.807) is 0 Å². The quantitative estimate of drug-likeness (QED) is 0.427. The van der Waals surface area contributed by atoms with Crippen LogP contribution in [-0.2, 0) is 22.5 Å². The molecule has 0 heterocycles. The highest BCUT2D eigenvalue weighted by atomic mass is 32.2. The van der Waals surface area contributed by atoms with Gasteiger partial charge in [-0.3, -0.25) is 9.11 Å². The van der Waals surface area contributed by atoms with Gasteiger partial charge in [-0.05, 0) is 0 Å². The van der Waals surface area contributed by atoms with Crippen molar-refractivity contribution in [3.05, 3.63) is 0 Å². The maximum absolute atomic E-state index is 9.73. The van der Waals surface area contributed by atoms with E-state index >= 15 is 0 Å². The summed E-state index contributed by atoms with van der Waals surface area (Å²) in [5.74, 6) is 0. The molecule has 0 saturated heterocycles. The Morgan fingerprint density at radius 1 is 1.44 bits per heavy atom. The fourth-order valence-corrected chi connectivity index (χ4v) is 1.08. The minimum absolute atomic E-state index is 0.0941.